The molecule has 0 aromatic heterocycles. The molecule has 108 valence electrons. The van der Waals surface area contributed by atoms with E-state index < -0.39 is 5.97 Å². The van der Waals surface area contributed by atoms with Gasteiger partial charge in [0.05, 0.1) is 0 Å². The van der Waals surface area contributed by atoms with E-state index in [1.165, 1.54) is 50.2 Å². The molecule has 2 nitrogen and oxygen atoms in total. The van der Waals surface area contributed by atoms with Crippen molar-refractivity contribution in [1.82, 2.24) is 0 Å². The Morgan fingerprint density at radius 1 is 1.20 bits per heavy atom. The third kappa shape index (κ3) is 4.22. The Balaban J connectivity index is 1.92. The number of aliphatic carboxylic acids is 1. The molecule has 1 aromatic carbocycles. The average molecular weight is 272 g/mol. The van der Waals surface area contributed by atoms with Crippen molar-refractivity contribution in [3.63, 3.8) is 0 Å². The van der Waals surface area contributed by atoms with E-state index in [9.17, 15) is 4.79 Å². The Bertz CT molecular complexity index is 451. The van der Waals surface area contributed by atoms with Crippen molar-refractivity contribution in [2.24, 2.45) is 5.92 Å². The molecule has 0 amide bonds. The Hall–Kier alpha value is -1.57. The summed E-state index contributed by atoms with van der Waals surface area (Å²) in [5, 5.41) is 8.61. The molecule has 0 unspecified atom stereocenters. The van der Waals surface area contributed by atoms with E-state index in [0.29, 0.717) is 5.92 Å². The van der Waals surface area contributed by atoms with Gasteiger partial charge in [0.25, 0.3) is 0 Å². The van der Waals surface area contributed by atoms with E-state index in [0.717, 1.165) is 11.5 Å². The van der Waals surface area contributed by atoms with Crippen LogP contribution in [-0.2, 0) is 4.79 Å². The van der Waals surface area contributed by atoms with Crippen molar-refractivity contribution < 1.29 is 9.90 Å². The van der Waals surface area contributed by atoms with Crippen molar-refractivity contribution in [1.29, 1.82) is 0 Å². The molecule has 2 heteroatoms. The lowest BCUT2D eigenvalue weighted by Crippen LogP contribution is -2.13. The molecule has 1 saturated carbocycles. The fourth-order valence-electron chi connectivity index (χ4n) is 3.24. The van der Waals surface area contributed by atoms with Gasteiger partial charge in [-0.15, -0.1) is 0 Å². The third-order valence-corrected chi connectivity index (χ3v) is 4.37. The second-order valence-electron chi connectivity index (χ2n) is 5.84. The molecule has 0 spiro atoms. The minimum Gasteiger partial charge on any atom is -0.478 e. The highest BCUT2D eigenvalue weighted by Crippen LogP contribution is 2.37. The van der Waals surface area contributed by atoms with Gasteiger partial charge < -0.3 is 5.11 Å². The van der Waals surface area contributed by atoms with Gasteiger partial charge in [0.15, 0.2) is 0 Å². The molecule has 20 heavy (non-hydrogen) atoms. The molecule has 0 saturated heterocycles. The number of hydrogen-bond acceptors (Lipinski definition) is 1. The van der Waals surface area contributed by atoms with Crippen LogP contribution in [0.25, 0.3) is 6.08 Å². The predicted octanol–water partition coefficient (Wildman–Crippen LogP) is 4.86. The standard InChI is InChI=1S/C18H24O2/c1-2-3-14-4-9-16(10-5-14)17-11-6-15(7-12-17)8-13-18(19)20/h6-8,11-14,16H,2-5,9-10H2,1H3,(H,19,20)/b13-8+. The summed E-state index contributed by atoms with van der Waals surface area (Å²) in [6.07, 6.45) is 10.8. The normalized spacial score (nSPS) is 23.1. The van der Waals surface area contributed by atoms with Crippen molar-refractivity contribution in [2.45, 2.75) is 51.4 Å². The Labute approximate surface area is 121 Å². The number of carbonyl (C=O) groups is 1. The number of carboxylic acid groups (broad SMARTS) is 1. The summed E-state index contributed by atoms with van der Waals surface area (Å²) in [5.41, 5.74) is 2.36. The van der Waals surface area contributed by atoms with Crippen LogP contribution in [0.1, 0.15) is 62.5 Å². The summed E-state index contributed by atoms with van der Waals surface area (Å²) >= 11 is 0. The first kappa shape index (κ1) is 14.8. The van der Waals surface area contributed by atoms with Crippen LogP contribution < -0.4 is 0 Å². The van der Waals surface area contributed by atoms with Crippen molar-refractivity contribution in [2.75, 3.05) is 0 Å². The average Bonchev–Trinajstić information content (AvgIpc) is 2.47. The van der Waals surface area contributed by atoms with Crippen LogP contribution in [0, 0.1) is 5.92 Å². The van der Waals surface area contributed by atoms with E-state index in [4.69, 9.17) is 5.11 Å². The minimum absolute atomic E-state index is 0.695. The monoisotopic (exact) mass is 272 g/mol. The van der Waals surface area contributed by atoms with Crippen molar-refractivity contribution in [3.05, 3.63) is 41.5 Å². The van der Waals surface area contributed by atoms with Gasteiger partial charge >= 0.3 is 5.97 Å². The molecule has 1 fully saturated rings. The fraction of sp³-hybridized carbons (Fsp3) is 0.500. The van der Waals surface area contributed by atoms with Gasteiger partial charge in [0, 0.05) is 6.08 Å². The smallest absolute Gasteiger partial charge is 0.328 e. The van der Waals surface area contributed by atoms with Gasteiger partial charge in [-0.25, -0.2) is 4.79 Å². The Morgan fingerprint density at radius 2 is 1.85 bits per heavy atom. The molecule has 1 N–H and O–H groups in total. The topological polar surface area (TPSA) is 37.3 Å². The van der Waals surface area contributed by atoms with Gasteiger partial charge in [-0.3, -0.25) is 0 Å². The fourth-order valence-corrected chi connectivity index (χ4v) is 3.24. The van der Waals surface area contributed by atoms with E-state index in [1.807, 2.05) is 12.1 Å². The van der Waals surface area contributed by atoms with Crippen LogP contribution in [0.4, 0.5) is 0 Å². The third-order valence-electron chi connectivity index (χ3n) is 4.37. The summed E-state index contributed by atoms with van der Waals surface area (Å²) < 4.78 is 0. The summed E-state index contributed by atoms with van der Waals surface area (Å²) in [6, 6.07) is 8.36. The maximum absolute atomic E-state index is 10.5. The van der Waals surface area contributed by atoms with E-state index in [2.05, 4.69) is 19.1 Å². The van der Waals surface area contributed by atoms with E-state index in [-0.39, 0.29) is 0 Å². The second-order valence-corrected chi connectivity index (χ2v) is 5.84. The summed E-state index contributed by atoms with van der Waals surface area (Å²) in [6.45, 7) is 2.27. The largest absolute Gasteiger partial charge is 0.478 e. The van der Waals surface area contributed by atoms with Crippen LogP contribution >= 0.6 is 0 Å². The number of carboxylic acids is 1. The molecule has 0 bridgehead atoms. The highest BCUT2D eigenvalue weighted by Gasteiger charge is 2.21. The number of rotatable bonds is 5. The SMILES string of the molecule is CCCC1CCC(c2ccc(/C=C/C(=O)O)cc2)CC1. The minimum atomic E-state index is -0.900. The van der Waals surface area contributed by atoms with Gasteiger partial charge in [-0.2, -0.15) is 0 Å². The van der Waals surface area contributed by atoms with Crippen LogP contribution in [0.15, 0.2) is 30.3 Å². The number of hydrogen-bond donors (Lipinski definition) is 1. The summed E-state index contributed by atoms with van der Waals surface area (Å²) in [5.74, 6) is 0.734. The van der Waals surface area contributed by atoms with Crippen LogP contribution in [-0.4, -0.2) is 11.1 Å². The second kappa shape index (κ2) is 7.28. The van der Waals surface area contributed by atoms with Crippen molar-refractivity contribution in [3.8, 4) is 0 Å². The molecular weight excluding hydrogens is 248 g/mol. The molecule has 1 aromatic rings. The molecule has 0 aliphatic heterocycles. The zero-order valence-electron chi connectivity index (χ0n) is 12.2. The zero-order chi connectivity index (χ0) is 14.4. The molecule has 2 rings (SSSR count). The maximum atomic E-state index is 10.5. The first-order valence-corrected chi connectivity index (χ1v) is 7.70. The highest BCUT2D eigenvalue weighted by molar-refractivity contribution is 5.85. The van der Waals surface area contributed by atoms with E-state index in [1.54, 1.807) is 6.08 Å². The molecule has 0 atom stereocenters. The summed E-state index contributed by atoms with van der Waals surface area (Å²) in [7, 11) is 0. The van der Waals surface area contributed by atoms with Gasteiger partial charge in [-0.1, -0.05) is 44.0 Å². The first-order valence-electron chi connectivity index (χ1n) is 7.70. The molecule has 0 radical (unpaired) electrons. The lowest BCUT2D eigenvalue weighted by atomic mass is 9.77. The number of benzene rings is 1. The Morgan fingerprint density at radius 3 is 2.40 bits per heavy atom. The van der Waals surface area contributed by atoms with Crippen LogP contribution in [0.5, 0.6) is 0 Å². The van der Waals surface area contributed by atoms with Gasteiger partial charge in [-0.05, 0) is 54.7 Å². The highest BCUT2D eigenvalue weighted by atomic mass is 16.4. The van der Waals surface area contributed by atoms with Crippen LogP contribution in [0.3, 0.4) is 0 Å². The van der Waals surface area contributed by atoms with E-state index >= 15 is 0 Å². The predicted molar refractivity (Wildman–Crippen MR) is 82.7 cm³/mol. The van der Waals surface area contributed by atoms with Gasteiger partial charge in [0.2, 0.25) is 0 Å². The molecule has 0 heterocycles. The lowest BCUT2D eigenvalue weighted by Gasteiger charge is -2.28. The molecule has 1 aliphatic carbocycles. The van der Waals surface area contributed by atoms with Gasteiger partial charge in [0.1, 0.15) is 0 Å². The maximum Gasteiger partial charge on any atom is 0.328 e. The Kier molecular flexibility index (Phi) is 5.40. The quantitative estimate of drug-likeness (QED) is 0.777. The first-order chi connectivity index (χ1) is 9.69. The zero-order valence-corrected chi connectivity index (χ0v) is 12.2. The van der Waals surface area contributed by atoms with Crippen molar-refractivity contribution >= 4 is 12.0 Å². The summed E-state index contributed by atoms with van der Waals surface area (Å²) in [4.78, 5) is 10.5. The molecular formula is C18H24O2. The molecule has 1 aliphatic rings. The van der Waals surface area contributed by atoms with Crippen LogP contribution in [0.2, 0.25) is 0 Å². The lowest BCUT2D eigenvalue weighted by molar-refractivity contribution is -0.131.